The highest BCUT2D eigenvalue weighted by molar-refractivity contribution is 6.30. The smallest absolute Gasteiger partial charge is 0.177 e. The van der Waals surface area contributed by atoms with E-state index in [-0.39, 0.29) is 10.8 Å². The van der Waals surface area contributed by atoms with Gasteiger partial charge in [0.2, 0.25) is 0 Å². The lowest BCUT2D eigenvalue weighted by Gasteiger charge is -1.92. The second kappa shape index (κ2) is 2.63. The van der Waals surface area contributed by atoms with Gasteiger partial charge in [0, 0.05) is 6.20 Å². The Morgan fingerprint density at radius 2 is 2.40 bits per heavy atom. The lowest BCUT2D eigenvalue weighted by Crippen LogP contribution is -1.89. The van der Waals surface area contributed by atoms with Crippen LogP contribution in [0.2, 0.25) is 5.15 Å². The van der Waals surface area contributed by atoms with Crippen LogP contribution in [-0.2, 0) is 0 Å². The zero-order valence-electron chi connectivity index (χ0n) is 5.30. The van der Waals surface area contributed by atoms with Crippen molar-refractivity contribution in [1.82, 2.24) is 9.97 Å². The van der Waals surface area contributed by atoms with Gasteiger partial charge >= 0.3 is 0 Å². The monoisotopic (exact) mass is 153 g/mol. The summed E-state index contributed by atoms with van der Waals surface area (Å²) in [4.78, 5) is 7.57. The molecule has 0 aromatic carbocycles. The molecule has 1 heterocycles. The van der Waals surface area contributed by atoms with Crippen LogP contribution in [0.5, 0.6) is 0 Å². The fourth-order valence-electron chi connectivity index (χ4n) is 0.523. The maximum atomic E-state index is 8.37. The second-order valence-corrected chi connectivity index (χ2v) is 2.12. The molecule has 0 fully saturated rings. The Labute approximate surface area is 63.3 Å². The Hall–Kier alpha value is -1.14. The average molecular weight is 154 g/mol. The van der Waals surface area contributed by atoms with Crippen LogP contribution in [0.1, 0.15) is 11.4 Å². The SMILES string of the molecule is Cc1cnc(C#N)c(Cl)n1. The van der Waals surface area contributed by atoms with Crippen LogP contribution < -0.4 is 0 Å². The number of hydrogen-bond acceptors (Lipinski definition) is 3. The molecule has 0 aliphatic heterocycles. The van der Waals surface area contributed by atoms with E-state index in [9.17, 15) is 0 Å². The molecule has 1 aromatic heterocycles. The van der Waals surface area contributed by atoms with E-state index in [0.717, 1.165) is 0 Å². The summed E-state index contributed by atoms with van der Waals surface area (Å²) in [5.41, 5.74) is 0.885. The van der Waals surface area contributed by atoms with Gasteiger partial charge in [-0.3, -0.25) is 0 Å². The van der Waals surface area contributed by atoms with Crippen molar-refractivity contribution in [2.75, 3.05) is 0 Å². The van der Waals surface area contributed by atoms with E-state index in [2.05, 4.69) is 9.97 Å². The first-order valence-corrected chi connectivity index (χ1v) is 3.01. The predicted octanol–water partition coefficient (Wildman–Crippen LogP) is 1.31. The molecule has 0 saturated carbocycles. The third-order valence-electron chi connectivity index (χ3n) is 0.956. The summed E-state index contributed by atoms with van der Waals surface area (Å²) in [6.45, 7) is 1.76. The number of nitriles is 1. The van der Waals surface area contributed by atoms with Crippen molar-refractivity contribution >= 4 is 11.6 Å². The van der Waals surface area contributed by atoms with E-state index < -0.39 is 0 Å². The lowest BCUT2D eigenvalue weighted by molar-refractivity contribution is 1.09. The van der Waals surface area contributed by atoms with Crippen LogP contribution in [-0.4, -0.2) is 9.97 Å². The van der Waals surface area contributed by atoms with E-state index in [1.165, 1.54) is 6.20 Å². The first kappa shape index (κ1) is 6.97. The van der Waals surface area contributed by atoms with E-state index >= 15 is 0 Å². The second-order valence-electron chi connectivity index (χ2n) is 1.76. The lowest BCUT2D eigenvalue weighted by atomic mass is 10.4. The van der Waals surface area contributed by atoms with Crippen molar-refractivity contribution in [3.8, 4) is 6.07 Å². The summed E-state index contributed by atoms with van der Waals surface area (Å²) >= 11 is 5.53. The summed E-state index contributed by atoms with van der Waals surface area (Å²) in [6.07, 6.45) is 1.50. The van der Waals surface area contributed by atoms with Crippen LogP contribution in [0.3, 0.4) is 0 Å². The molecule has 0 aliphatic carbocycles. The average Bonchev–Trinajstić information content (AvgIpc) is 1.88. The highest BCUT2D eigenvalue weighted by atomic mass is 35.5. The van der Waals surface area contributed by atoms with Crippen LogP contribution in [0.4, 0.5) is 0 Å². The molecule has 1 aromatic rings. The third kappa shape index (κ3) is 1.23. The van der Waals surface area contributed by atoms with Crippen molar-refractivity contribution in [1.29, 1.82) is 5.26 Å². The van der Waals surface area contributed by atoms with Crippen molar-refractivity contribution in [3.63, 3.8) is 0 Å². The summed E-state index contributed by atoms with van der Waals surface area (Å²) in [5, 5.41) is 8.54. The van der Waals surface area contributed by atoms with Gasteiger partial charge in [-0.15, -0.1) is 0 Å². The number of rotatable bonds is 0. The van der Waals surface area contributed by atoms with Crippen LogP contribution in [0.15, 0.2) is 6.20 Å². The van der Waals surface area contributed by atoms with Gasteiger partial charge in [-0.25, -0.2) is 9.97 Å². The van der Waals surface area contributed by atoms with E-state index in [0.29, 0.717) is 5.69 Å². The summed E-state index contributed by atoms with van der Waals surface area (Å²) in [7, 11) is 0. The minimum absolute atomic E-state index is 0.169. The quantitative estimate of drug-likeness (QED) is 0.565. The molecule has 1 rings (SSSR count). The highest BCUT2D eigenvalue weighted by Gasteiger charge is 1.99. The van der Waals surface area contributed by atoms with E-state index in [1.807, 2.05) is 6.07 Å². The van der Waals surface area contributed by atoms with Crippen LogP contribution in [0, 0.1) is 18.3 Å². The van der Waals surface area contributed by atoms with Crippen LogP contribution >= 0.6 is 11.6 Å². The molecule has 0 radical (unpaired) electrons. The molecule has 3 nitrogen and oxygen atoms in total. The molecular weight excluding hydrogens is 150 g/mol. The van der Waals surface area contributed by atoms with Gasteiger partial charge in [-0.2, -0.15) is 5.26 Å². The zero-order valence-corrected chi connectivity index (χ0v) is 6.05. The largest absolute Gasteiger partial charge is 0.241 e. The number of halogens is 1. The maximum Gasteiger partial charge on any atom is 0.177 e. The Morgan fingerprint density at radius 1 is 1.70 bits per heavy atom. The summed E-state index contributed by atoms with van der Waals surface area (Å²) in [5.74, 6) is 0. The van der Waals surface area contributed by atoms with Gasteiger partial charge in [0.1, 0.15) is 6.07 Å². The van der Waals surface area contributed by atoms with Gasteiger partial charge in [0.05, 0.1) is 5.69 Å². The molecular formula is C6H4ClN3. The summed E-state index contributed by atoms with van der Waals surface area (Å²) < 4.78 is 0. The van der Waals surface area contributed by atoms with Gasteiger partial charge in [-0.05, 0) is 6.92 Å². The summed E-state index contributed by atoms with van der Waals surface area (Å²) in [6, 6.07) is 1.82. The van der Waals surface area contributed by atoms with Gasteiger partial charge < -0.3 is 0 Å². The Kier molecular flexibility index (Phi) is 1.83. The molecule has 4 heteroatoms. The molecule has 0 saturated heterocycles. The minimum Gasteiger partial charge on any atom is -0.241 e. The Bertz CT molecular complexity index is 290. The fraction of sp³-hybridized carbons (Fsp3) is 0.167. The molecule has 0 atom stereocenters. The van der Waals surface area contributed by atoms with Gasteiger partial charge in [0.25, 0.3) is 0 Å². The van der Waals surface area contributed by atoms with Crippen molar-refractivity contribution < 1.29 is 0 Å². The molecule has 0 unspecified atom stereocenters. The number of hydrogen-bond donors (Lipinski definition) is 0. The van der Waals surface area contributed by atoms with E-state index in [1.54, 1.807) is 6.92 Å². The molecule has 0 amide bonds. The number of nitrogens with zero attached hydrogens (tertiary/aromatic N) is 3. The third-order valence-corrected chi connectivity index (χ3v) is 1.22. The molecule has 0 spiro atoms. The zero-order chi connectivity index (χ0) is 7.56. The molecule has 0 aliphatic rings. The van der Waals surface area contributed by atoms with Crippen molar-refractivity contribution in [3.05, 3.63) is 22.7 Å². The normalized spacial score (nSPS) is 8.90. The van der Waals surface area contributed by atoms with Crippen molar-refractivity contribution in [2.45, 2.75) is 6.92 Å². The van der Waals surface area contributed by atoms with Crippen LogP contribution in [0.25, 0.3) is 0 Å². The number of aromatic nitrogens is 2. The molecule has 10 heavy (non-hydrogen) atoms. The Balaban J connectivity index is 3.23. The first-order chi connectivity index (χ1) is 4.74. The van der Waals surface area contributed by atoms with Gasteiger partial charge in [0.15, 0.2) is 10.8 Å². The highest BCUT2D eigenvalue weighted by Crippen LogP contribution is 2.07. The molecule has 0 N–H and O–H groups in total. The maximum absolute atomic E-state index is 8.37. The molecule has 0 bridgehead atoms. The minimum atomic E-state index is 0.169. The topological polar surface area (TPSA) is 49.6 Å². The van der Waals surface area contributed by atoms with E-state index in [4.69, 9.17) is 16.9 Å². The predicted molar refractivity (Wildman–Crippen MR) is 36.5 cm³/mol. The Morgan fingerprint density at radius 3 is 2.90 bits per heavy atom. The van der Waals surface area contributed by atoms with Crippen molar-refractivity contribution in [2.24, 2.45) is 0 Å². The fourth-order valence-corrected chi connectivity index (χ4v) is 0.747. The first-order valence-electron chi connectivity index (χ1n) is 2.63. The standard InChI is InChI=1S/C6H4ClN3/c1-4-3-9-5(2-8)6(7)10-4/h3H,1H3. The number of aryl methyl sites for hydroxylation is 1. The molecule has 50 valence electrons. The van der Waals surface area contributed by atoms with Gasteiger partial charge in [-0.1, -0.05) is 11.6 Å².